The Morgan fingerprint density at radius 1 is 1.23 bits per heavy atom. The van der Waals surface area contributed by atoms with Gasteiger partial charge in [-0.1, -0.05) is 46.3 Å². The number of hydrogen-bond donors (Lipinski definition) is 0. The summed E-state index contributed by atoms with van der Waals surface area (Å²) in [5, 5.41) is 0. The second kappa shape index (κ2) is 4.78. The Bertz CT molecular complexity index is 800. The predicted octanol–water partition coefficient (Wildman–Crippen LogP) is 3.89. The summed E-state index contributed by atoms with van der Waals surface area (Å²) in [7, 11) is 0. The molecule has 0 amide bonds. The van der Waals surface area contributed by atoms with Gasteiger partial charge in [0.05, 0.1) is 12.1 Å². The molecule has 0 bridgehead atoms. The summed E-state index contributed by atoms with van der Waals surface area (Å²) in [5.41, 5.74) is 2.15. The highest BCUT2D eigenvalue weighted by molar-refractivity contribution is 9.10. The van der Waals surface area contributed by atoms with Crippen molar-refractivity contribution in [3.05, 3.63) is 64.1 Å². The third-order valence-corrected chi connectivity index (χ3v) is 4.84. The summed E-state index contributed by atoms with van der Waals surface area (Å²) in [4.78, 5) is 17.5. The zero-order valence-corrected chi connectivity index (χ0v) is 13.6. The fraction of sp³-hybridized carbons (Fsp3) is 0.222. The van der Waals surface area contributed by atoms with Crippen LogP contribution in [-0.4, -0.2) is 17.6 Å². The lowest BCUT2D eigenvalue weighted by molar-refractivity contribution is -0.126. The van der Waals surface area contributed by atoms with Crippen molar-refractivity contribution >= 4 is 27.4 Å². The van der Waals surface area contributed by atoms with Gasteiger partial charge in [0.2, 0.25) is 0 Å². The number of nitrogens with zero attached hydrogens (tertiary/aromatic N) is 1. The minimum atomic E-state index is -0.653. The van der Waals surface area contributed by atoms with E-state index in [1.54, 1.807) is 0 Å². The first-order chi connectivity index (χ1) is 10.6. The topological polar surface area (TPSA) is 38.7 Å². The number of hydrogen-bond acceptors (Lipinski definition) is 3. The zero-order chi connectivity index (χ0) is 15.3. The van der Waals surface area contributed by atoms with Crippen LogP contribution < -0.4 is 4.74 Å². The lowest BCUT2D eigenvalue weighted by atomic mass is 9.82. The number of halogens is 1. The van der Waals surface area contributed by atoms with Gasteiger partial charge in [0.25, 0.3) is 0 Å². The summed E-state index contributed by atoms with van der Waals surface area (Å²) in [6, 6.07) is 15.7. The monoisotopic (exact) mass is 355 g/mol. The molecule has 0 radical (unpaired) electrons. The molecule has 3 nitrogen and oxygen atoms in total. The van der Waals surface area contributed by atoms with Crippen LogP contribution in [0.3, 0.4) is 0 Å². The first kappa shape index (κ1) is 13.7. The van der Waals surface area contributed by atoms with Crippen LogP contribution in [0.5, 0.6) is 5.75 Å². The average molecular weight is 356 g/mol. The van der Waals surface area contributed by atoms with Gasteiger partial charge in [-0.25, -0.2) is 0 Å². The number of carbonyl (C=O) groups is 1. The van der Waals surface area contributed by atoms with Crippen molar-refractivity contribution < 1.29 is 9.53 Å². The molecule has 2 aromatic carbocycles. The predicted molar refractivity (Wildman–Crippen MR) is 88.5 cm³/mol. The highest BCUT2D eigenvalue weighted by Gasteiger charge is 2.52. The molecule has 4 heteroatoms. The van der Waals surface area contributed by atoms with Crippen LogP contribution in [-0.2, 0) is 10.3 Å². The van der Waals surface area contributed by atoms with Crippen molar-refractivity contribution in [2.24, 2.45) is 4.99 Å². The summed E-state index contributed by atoms with van der Waals surface area (Å²) >= 11 is 3.49. The highest BCUT2D eigenvalue weighted by Crippen LogP contribution is 2.47. The van der Waals surface area contributed by atoms with E-state index in [0.29, 0.717) is 6.42 Å². The van der Waals surface area contributed by atoms with E-state index in [2.05, 4.69) is 15.9 Å². The molecule has 2 atom stereocenters. The number of carbonyl (C=O) groups excluding carboxylic acids is 1. The lowest BCUT2D eigenvalue weighted by Gasteiger charge is -2.31. The van der Waals surface area contributed by atoms with E-state index in [9.17, 15) is 4.79 Å². The molecule has 110 valence electrons. The second-order valence-electron chi connectivity index (χ2n) is 5.85. The molecule has 0 fully saturated rings. The molecule has 2 aromatic rings. The van der Waals surface area contributed by atoms with Gasteiger partial charge in [-0.2, -0.15) is 0 Å². The van der Waals surface area contributed by atoms with E-state index >= 15 is 0 Å². The van der Waals surface area contributed by atoms with E-state index in [0.717, 1.165) is 27.1 Å². The number of aliphatic imine (C=N–C) groups is 1. The largest absolute Gasteiger partial charge is 0.479 e. The fourth-order valence-corrected chi connectivity index (χ4v) is 3.62. The molecule has 0 N–H and O–H groups in total. The number of ketones is 1. The Hall–Kier alpha value is -1.94. The number of Topliss-reactive ketones (excluding diaryl/α,β-unsaturated/α-hetero) is 1. The summed E-state index contributed by atoms with van der Waals surface area (Å²) in [6.45, 7) is 1.98. The molecule has 0 spiro atoms. The van der Waals surface area contributed by atoms with E-state index in [1.165, 1.54) is 0 Å². The standard InChI is InChI=1S/C18H14BrNO2/c1-18-13-9-12(19)7-8-16(13)22-17(18)15(21)10-14(20-18)11-5-3-2-4-6-11/h2-9,17H,10H2,1H3. The van der Waals surface area contributed by atoms with E-state index in [1.807, 2.05) is 55.5 Å². The van der Waals surface area contributed by atoms with Gasteiger partial charge in [-0.05, 0) is 30.7 Å². The van der Waals surface area contributed by atoms with Crippen LogP contribution in [0.2, 0.25) is 0 Å². The van der Waals surface area contributed by atoms with E-state index in [-0.39, 0.29) is 5.78 Å². The van der Waals surface area contributed by atoms with Gasteiger partial charge in [-0.3, -0.25) is 9.79 Å². The minimum Gasteiger partial charge on any atom is -0.479 e. The fourth-order valence-electron chi connectivity index (χ4n) is 3.26. The number of rotatable bonds is 1. The van der Waals surface area contributed by atoms with Crippen molar-refractivity contribution in [1.82, 2.24) is 0 Å². The van der Waals surface area contributed by atoms with Crippen LogP contribution >= 0.6 is 15.9 Å². The van der Waals surface area contributed by atoms with Gasteiger partial charge in [0.15, 0.2) is 11.9 Å². The average Bonchev–Trinajstić information content (AvgIpc) is 2.81. The van der Waals surface area contributed by atoms with Crippen LogP contribution in [0.1, 0.15) is 24.5 Å². The maximum atomic E-state index is 12.6. The van der Waals surface area contributed by atoms with Crippen molar-refractivity contribution in [2.45, 2.75) is 25.0 Å². The molecule has 4 rings (SSSR count). The number of ether oxygens (including phenoxy) is 1. The summed E-state index contributed by atoms with van der Waals surface area (Å²) in [5.74, 6) is 0.839. The molecule has 2 aliphatic heterocycles. The van der Waals surface area contributed by atoms with Crippen molar-refractivity contribution in [1.29, 1.82) is 0 Å². The highest BCUT2D eigenvalue weighted by atomic mass is 79.9. The van der Waals surface area contributed by atoms with E-state index in [4.69, 9.17) is 9.73 Å². The third kappa shape index (κ3) is 1.94. The van der Waals surface area contributed by atoms with E-state index < -0.39 is 11.6 Å². The quantitative estimate of drug-likeness (QED) is 0.778. The third-order valence-electron chi connectivity index (χ3n) is 4.35. The first-order valence-corrected chi connectivity index (χ1v) is 8.01. The van der Waals surface area contributed by atoms with Gasteiger partial charge in [0.1, 0.15) is 11.3 Å². The SMILES string of the molecule is CC12N=C(c3ccccc3)CC(=O)C1Oc1ccc(Br)cc12. The normalized spacial score (nSPS) is 26.0. The molecular formula is C18H14BrNO2. The second-order valence-corrected chi connectivity index (χ2v) is 6.77. The molecule has 22 heavy (non-hydrogen) atoms. The van der Waals surface area contributed by atoms with Crippen molar-refractivity contribution in [2.75, 3.05) is 0 Å². The number of benzene rings is 2. The molecule has 2 heterocycles. The maximum Gasteiger partial charge on any atom is 0.186 e. The summed E-state index contributed by atoms with van der Waals surface area (Å²) in [6.07, 6.45) is -0.205. The van der Waals surface area contributed by atoms with Crippen LogP contribution in [0.15, 0.2) is 58.0 Å². The van der Waals surface area contributed by atoms with Crippen LogP contribution in [0.4, 0.5) is 0 Å². The Balaban J connectivity index is 1.89. The maximum absolute atomic E-state index is 12.6. The van der Waals surface area contributed by atoms with Crippen molar-refractivity contribution in [3.8, 4) is 5.75 Å². The Morgan fingerprint density at radius 2 is 2.00 bits per heavy atom. The first-order valence-electron chi connectivity index (χ1n) is 7.21. The molecule has 0 aliphatic carbocycles. The van der Waals surface area contributed by atoms with Gasteiger partial charge >= 0.3 is 0 Å². The van der Waals surface area contributed by atoms with Crippen molar-refractivity contribution in [3.63, 3.8) is 0 Å². The molecule has 2 aliphatic rings. The Morgan fingerprint density at radius 3 is 2.77 bits per heavy atom. The Labute approximate surface area is 137 Å². The van der Waals surface area contributed by atoms with Crippen LogP contribution in [0, 0.1) is 0 Å². The van der Waals surface area contributed by atoms with Gasteiger partial charge < -0.3 is 4.74 Å². The Kier molecular flexibility index (Phi) is 2.98. The molecule has 0 aromatic heterocycles. The molecule has 2 unspecified atom stereocenters. The smallest absolute Gasteiger partial charge is 0.186 e. The minimum absolute atomic E-state index is 0.0867. The molecule has 0 saturated heterocycles. The lowest BCUT2D eigenvalue weighted by Crippen LogP contribution is -2.45. The van der Waals surface area contributed by atoms with Crippen LogP contribution in [0.25, 0.3) is 0 Å². The molecule has 0 saturated carbocycles. The zero-order valence-electron chi connectivity index (χ0n) is 12.0. The van der Waals surface area contributed by atoms with Gasteiger partial charge in [0, 0.05) is 10.0 Å². The number of fused-ring (bicyclic) bond motifs is 3. The summed E-state index contributed by atoms with van der Waals surface area (Å²) < 4.78 is 6.85. The van der Waals surface area contributed by atoms with Gasteiger partial charge in [-0.15, -0.1) is 0 Å². The molecular weight excluding hydrogens is 342 g/mol.